The van der Waals surface area contributed by atoms with Gasteiger partial charge in [-0.3, -0.25) is 4.79 Å². The molecule has 0 aliphatic carbocycles. The van der Waals surface area contributed by atoms with Crippen LogP contribution in [0.1, 0.15) is 12.0 Å². The molecular weight excluding hydrogens is 370 g/mol. The van der Waals surface area contributed by atoms with E-state index in [-0.39, 0.29) is 18.2 Å². The second kappa shape index (κ2) is 9.01. The Bertz CT molecular complexity index is 1000. The summed E-state index contributed by atoms with van der Waals surface area (Å²) in [6.07, 6.45) is 6.39. The molecule has 2 aromatic carbocycles. The Labute approximate surface area is 169 Å². The molecule has 29 heavy (non-hydrogen) atoms. The van der Waals surface area contributed by atoms with Crippen molar-refractivity contribution >= 4 is 23.0 Å². The lowest BCUT2D eigenvalue weighted by atomic mass is 10.2. The van der Waals surface area contributed by atoms with Crippen LogP contribution in [0.3, 0.4) is 0 Å². The number of nitrogens with zero attached hydrogens (tertiary/aromatic N) is 2. The SMILES string of the molecule is Cc1ccc(NC(=O)C[n+]2ccn(CCCOc3ccc(N)cc3N)c2)cc1O. The van der Waals surface area contributed by atoms with Crippen molar-refractivity contribution < 1.29 is 19.2 Å². The zero-order chi connectivity index (χ0) is 20.8. The Kier molecular flexibility index (Phi) is 6.23. The molecular formula is C21H26N5O3+. The molecule has 0 atom stereocenters. The predicted octanol–water partition coefficient (Wildman–Crippen LogP) is 2.06. The number of anilines is 3. The average Bonchev–Trinajstić information content (AvgIpc) is 3.10. The predicted molar refractivity (Wildman–Crippen MR) is 111 cm³/mol. The molecule has 0 aliphatic rings. The lowest BCUT2D eigenvalue weighted by Crippen LogP contribution is -2.38. The first-order valence-electron chi connectivity index (χ1n) is 9.33. The lowest BCUT2D eigenvalue weighted by Gasteiger charge is -2.08. The number of nitrogen functional groups attached to an aromatic ring is 2. The van der Waals surface area contributed by atoms with Gasteiger partial charge < -0.3 is 26.6 Å². The summed E-state index contributed by atoms with van der Waals surface area (Å²) in [5.41, 5.74) is 14.0. The molecule has 152 valence electrons. The van der Waals surface area contributed by atoms with E-state index >= 15 is 0 Å². The Morgan fingerprint density at radius 2 is 2.07 bits per heavy atom. The average molecular weight is 396 g/mol. The zero-order valence-electron chi connectivity index (χ0n) is 16.3. The summed E-state index contributed by atoms with van der Waals surface area (Å²) in [4.78, 5) is 12.2. The molecule has 1 aromatic heterocycles. The van der Waals surface area contributed by atoms with Crippen LogP contribution in [0.4, 0.5) is 17.1 Å². The maximum atomic E-state index is 12.2. The molecule has 0 bridgehead atoms. The van der Waals surface area contributed by atoms with Gasteiger partial charge in [-0.2, -0.15) is 0 Å². The van der Waals surface area contributed by atoms with Crippen LogP contribution in [0.25, 0.3) is 0 Å². The van der Waals surface area contributed by atoms with E-state index in [1.807, 2.05) is 23.3 Å². The van der Waals surface area contributed by atoms with Crippen molar-refractivity contribution in [2.75, 3.05) is 23.4 Å². The number of ether oxygens (including phenoxy) is 1. The zero-order valence-corrected chi connectivity index (χ0v) is 16.3. The van der Waals surface area contributed by atoms with Gasteiger partial charge in [0.1, 0.15) is 23.9 Å². The van der Waals surface area contributed by atoms with Crippen molar-refractivity contribution in [1.29, 1.82) is 0 Å². The number of nitrogens with two attached hydrogens (primary N) is 2. The van der Waals surface area contributed by atoms with Gasteiger partial charge in [-0.25, -0.2) is 9.13 Å². The third-order valence-corrected chi connectivity index (χ3v) is 4.42. The lowest BCUT2D eigenvalue weighted by molar-refractivity contribution is -0.683. The van der Waals surface area contributed by atoms with Crippen molar-refractivity contribution in [3.8, 4) is 11.5 Å². The molecule has 3 rings (SSSR count). The largest absolute Gasteiger partial charge is 0.508 e. The number of carbonyl (C=O) groups is 1. The summed E-state index contributed by atoms with van der Waals surface area (Å²) in [5, 5.41) is 12.5. The molecule has 0 aliphatic heterocycles. The van der Waals surface area contributed by atoms with Gasteiger partial charge in [0.15, 0.2) is 6.54 Å². The van der Waals surface area contributed by atoms with Gasteiger partial charge in [-0.15, -0.1) is 0 Å². The molecule has 1 amide bonds. The second-order valence-electron chi connectivity index (χ2n) is 6.87. The molecule has 0 saturated heterocycles. The third kappa shape index (κ3) is 5.65. The summed E-state index contributed by atoms with van der Waals surface area (Å²) in [5.74, 6) is 0.614. The fourth-order valence-corrected chi connectivity index (χ4v) is 2.85. The normalized spacial score (nSPS) is 10.7. The van der Waals surface area contributed by atoms with Crippen LogP contribution in [0.15, 0.2) is 55.1 Å². The highest BCUT2D eigenvalue weighted by atomic mass is 16.5. The first-order valence-corrected chi connectivity index (χ1v) is 9.33. The third-order valence-electron chi connectivity index (χ3n) is 4.42. The molecule has 0 radical (unpaired) electrons. The van der Waals surface area contributed by atoms with Crippen LogP contribution in [0, 0.1) is 6.92 Å². The molecule has 0 unspecified atom stereocenters. The molecule has 1 heterocycles. The molecule has 3 aromatic rings. The number of amides is 1. The number of aromatic hydroxyl groups is 1. The Balaban J connectivity index is 1.44. The Hall–Kier alpha value is -3.68. The van der Waals surface area contributed by atoms with Gasteiger partial charge in [0, 0.05) is 23.9 Å². The van der Waals surface area contributed by atoms with E-state index in [0.29, 0.717) is 29.4 Å². The minimum atomic E-state index is -0.168. The summed E-state index contributed by atoms with van der Waals surface area (Å²) in [6, 6.07) is 10.2. The number of aromatic nitrogens is 2. The van der Waals surface area contributed by atoms with Gasteiger partial charge in [0.2, 0.25) is 6.33 Å². The highest BCUT2D eigenvalue weighted by Gasteiger charge is 2.10. The highest BCUT2D eigenvalue weighted by molar-refractivity contribution is 5.89. The van der Waals surface area contributed by atoms with Crippen LogP contribution >= 0.6 is 0 Å². The van der Waals surface area contributed by atoms with E-state index in [2.05, 4.69) is 5.32 Å². The summed E-state index contributed by atoms with van der Waals surface area (Å²) in [7, 11) is 0. The van der Waals surface area contributed by atoms with E-state index in [9.17, 15) is 9.90 Å². The van der Waals surface area contributed by atoms with Gasteiger partial charge in [-0.1, -0.05) is 6.07 Å². The molecule has 8 nitrogen and oxygen atoms in total. The number of rotatable bonds is 8. The minimum Gasteiger partial charge on any atom is -0.508 e. The molecule has 8 heteroatoms. The molecule has 6 N–H and O–H groups in total. The van der Waals surface area contributed by atoms with Crippen molar-refractivity contribution in [3.63, 3.8) is 0 Å². The van der Waals surface area contributed by atoms with Gasteiger partial charge in [0.25, 0.3) is 5.91 Å². The summed E-state index contributed by atoms with van der Waals surface area (Å²) >= 11 is 0. The number of nitrogens with one attached hydrogen (secondary N) is 1. The van der Waals surface area contributed by atoms with Crippen molar-refractivity contribution in [2.24, 2.45) is 0 Å². The smallest absolute Gasteiger partial charge is 0.266 e. The van der Waals surface area contributed by atoms with E-state index < -0.39 is 0 Å². The van der Waals surface area contributed by atoms with E-state index in [4.69, 9.17) is 16.2 Å². The van der Waals surface area contributed by atoms with Crippen molar-refractivity contribution in [1.82, 2.24) is 4.57 Å². The van der Waals surface area contributed by atoms with Crippen molar-refractivity contribution in [3.05, 3.63) is 60.7 Å². The Morgan fingerprint density at radius 1 is 1.24 bits per heavy atom. The first kappa shape index (κ1) is 20.1. The number of imidazole rings is 1. The van der Waals surface area contributed by atoms with E-state index in [0.717, 1.165) is 18.5 Å². The van der Waals surface area contributed by atoms with Gasteiger partial charge >= 0.3 is 0 Å². The summed E-state index contributed by atoms with van der Waals surface area (Å²) < 4.78 is 9.46. The Morgan fingerprint density at radius 3 is 2.83 bits per heavy atom. The van der Waals surface area contributed by atoms with E-state index in [1.54, 1.807) is 41.8 Å². The van der Waals surface area contributed by atoms with Crippen LogP contribution in [0.5, 0.6) is 11.5 Å². The number of carbonyl (C=O) groups excluding carboxylic acids is 1. The standard InChI is InChI=1S/C21H25N5O3/c1-15-3-5-17(12-19(15)27)24-21(28)13-26-9-8-25(14-26)7-2-10-29-20-6-4-16(22)11-18(20)23/h3-6,8-9,11-12,14H,2,7,10,13,22-23H2,1H3,(H-,24,27,28)/p+1. The van der Waals surface area contributed by atoms with Crippen LogP contribution in [0.2, 0.25) is 0 Å². The maximum Gasteiger partial charge on any atom is 0.266 e. The van der Waals surface area contributed by atoms with E-state index in [1.165, 1.54) is 6.07 Å². The monoisotopic (exact) mass is 396 g/mol. The van der Waals surface area contributed by atoms with Crippen LogP contribution in [-0.4, -0.2) is 22.2 Å². The van der Waals surface area contributed by atoms with Gasteiger partial charge in [-0.05, 0) is 36.8 Å². The number of phenols is 1. The topological polar surface area (TPSA) is 119 Å². The highest BCUT2D eigenvalue weighted by Crippen LogP contribution is 2.23. The fraction of sp³-hybridized carbons (Fsp3) is 0.238. The molecule has 0 fully saturated rings. The van der Waals surface area contributed by atoms with Crippen LogP contribution < -0.4 is 26.1 Å². The van der Waals surface area contributed by atoms with Crippen molar-refractivity contribution in [2.45, 2.75) is 26.4 Å². The second-order valence-corrected chi connectivity index (χ2v) is 6.87. The number of aryl methyl sites for hydroxylation is 2. The molecule has 0 saturated carbocycles. The summed E-state index contributed by atoms with van der Waals surface area (Å²) in [6.45, 7) is 3.24. The first-order chi connectivity index (χ1) is 13.9. The number of hydrogen-bond donors (Lipinski definition) is 4. The number of phenolic OH excluding ortho intramolecular Hbond substituents is 1. The maximum absolute atomic E-state index is 12.2. The molecule has 0 spiro atoms. The van der Waals surface area contributed by atoms with Gasteiger partial charge in [0.05, 0.1) is 18.8 Å². The minimum absolute atomic E-state index is 0.157. The number of hydrogen-bond acceptors (Lipinski definition) is 5. The number of benzene rings is 2. The quantitative estimate of drug-likeness (QED) is 0.264. The fourth-order valence-electron chi connectivity index (χ4n) is 2.85. The van der Waals surface area contributed by atoms with Crippen LogP contribution in [-0.2, 0) is 17.9 Å².